The molecule has 4 atom stereocenters. The third-order valence-corrected chi connectivity index (χ3v) is 4.58. The topological polar surface area (TPSA) is 0 Å². The number of rotatable bonds is 0. The predicted octanol–water partition coefficient (Wildman–Crippen LogP) is 5.52. The van der Waals surface area contributed by atoms with Crippen LogP contribution in [0.5, 0.6) is 0 Å². The van der Waals surface area contributed by atoms with Gasteiger partial charge in [-0.2, -0.15) is 0 Å². The van der Waals surface area contributed by atoms with E-state index in [0.717, 1.165) is 23.7 Å². The molecular weight excluding hydrogens is 180 g/mol. The first kappa shape index (κ1) is 15.0. The lowest BCUT2D eigenvalue weighted by Gasteiger charge is -2.26. The maximum absolute atomic E-state index is 2.44. The molecule has 0 saturated heterocycles. The van der Waals surface area contributed by atoms with Crippen LogP contribution in [0.4, 0.5) is 0 Å². The van der Waals surface area contributed by atoms with Crippen molar-refractivity contribution in [2.75, 3.05) is 0 Å². The van der Waals surface area contributed by atoms with E-state index < -0.39 is 0 Å². The Balaban J connectivity index is 0.00000196. The second-order valence-electron chi connectivity index (χ2n) is 5.77. The summed E-state index contributed by atoms with van der Waals surface area (Å²) in [7, 11) is 0. The van der Waals surface area contributed by atoms with E-state index in [1.807, 2.05) is 0 Å². The van der Waals surface area contributed by atoms with Crippen molar-refractivity contribution >= 4 is 0 Å². The highest BCUT2D eigenvalue weighted by atomic mass is 14.2. The summed E-state index contributed by atoms with van der Waals surface area (Å²) in [4.78, 5) is 0. The fourth-order valence-corrected chi connectivity index (χ4v) is 2.66. The third kappa shape index (κ3) is 5.04. The van der Waals surface area contributed by atoms with Gasteiger partial charge in [-0.15, -0.1) is 0 Å². The van der Waals surface area contributed by atoms with E-state index in [4.69, 9.17) is 0 Å². The Hall–Kier alpha value is 0. The van der Waals surface area contributed by atoms with Gasteiger partial charge in [0.25, 0.3) is 0 Å². The Bertz CT molecular complexity index is 116. The van der Waals surface area contributed by atoms with Gasteiger partial charge in [0.2, 0.25) is 0 Å². The van der Waals surface area contributed by atoms with Crippen LogP contribution in [0.2, 0.25) is 0 Å². The van der Waals surface area contributed by atoms with Crippen LogP contribution in [-0.4, -0.2) is 0 Å². The van der Waals surface area contributed by atoms with Crippen LogP contribution >= 0.6 is 0 Å². The van der Waals surface area contributed by atoms with Crippen LogP contribution in [-0.2, 0) is 0 Å². The van der Waals surface area contributed by atoms with Gasteiger partial charge in [-0.25, -0.2) is 0 Å². The first-order chi connectivity index (χ1) is 6.61. The van der Waals surface area contributed by atoms with Crippen LogP contribution in [0.15, 0.2) is 0 Å². The van der Waals surface area contributed by atoms with Crippen molar-refractivity contribution in [1.82, 2.24) is 0 Å². The quantitative estimate of drug-likeness (QED) is 0.496. The van der Waals surface area contributed by atoms with Gasteiger partial charge >= 0.3 is 0 Å². The van der Waals surface area contributed by atoms with Gasteiger partial charge in [0.1, 0.15) is 0 Å². The zero-order valence-electron chi connectivity index (χ0n) is 10.6. The molecule has 15 heavy (non-hydrogen) atoms. The standard InChI is InChI=1S/C14H28.CH4/c1-11-7-5-9-13(3)14(4)10-6-8-12(11)2;/h11-14H,5-10H2,1-4H3;1H4. The molecule has 0 nitrogen and oxygen atoms in total. The molecule has 0 bridgehead atoms. The normalized spacial score (nSPS) is 39.2. The molecule has 1 saturated carbocycles. The number of hydrogen-bond donors (Lipinski definition) is 0. The predicted molar refractivity (Wildman–Crippen MR) is 71.1 cm³/mol. The molecule has 0 amide bonds. The van der Waals surface area contributed by atoms with Crippen LogP contribution in [0.3, 0.4) is 0 Å². The maximum Gasteiger partial charge on any atom is -0.0417 e. The minimum atomic E-state index is 0. The highest BCUT2D eigenvalue weighted by molar-refractivity contribution is 4.69. The fraction of sp³-hybridized carbons (Fsp3) is 1.00. The highest BCUT2D eigenvalue weighted by Gasteiger charge is 2.18. The summed E-state index contributed by atoms with van der Waals surface area (Å²) in [5.74, 6) is 3.82. The first-order valence-corrected chi connectivity index (χ1v) is 6.61. The molecule has 0 spiro atoms. The SMILES string of the molecule is C.CC1CCCC(C)C(C)CCCC1C. The second-order valence-corrected chi connectivity index (χ2v) is 5.77. The maximum atomic E-state index is 2.44. The Morgan fingerprint density at radius 2 is 0.733 bits per heavy atom. The van der Waals surface area contributed by atoms with Gasteiger partial charge < -0.3 is 0 Å². The summed E-state index contributed by atoms with van der Waals surface area (Å²) < 4.78 is 0. The fourth-order valence-electron chi connectivity index (χ4n) is 2.66. The van der Waals surface area contributed by atoms with Crippen LogP contribution in [0, 0.1) is 23.7 Å². The average molecular weight is 212 g/mol. The van der Waals surface area contributed by atoms with Crippen LogP contribution in [0.25, 0.3) is 0 Å². The van der Waals surface area contributed by atoms with Crippen molar-refractivity contribution in [3.05, 3.63) is 0 Å². The van der Waals surface area contributed by atoms with E-state index >= 15 is 0 Å². The van der Waals surface area contributed by atoms with Gasteiger partial charge in [-0.1, -0.05) is 73.6 Å². The van der Waals surface area contributed by atoms with Crippen LogP contribution in [0.1, 0.15) is 73.6 Å². The third-order valence-electron chi connectivity index (χ3n) is 4.58. The Morgan fingerprint density at radius 3 is 0.933 bits per heavy atom. The van der Waals surface area contributed by atoms with E-state index in [1.54, 1.807) is 0 Å². The molecule has 92 valence electrons. The molecule has 0 aromatic carbocycles. The minimum Gasteiger partial charge on any atom is -0.0776 e. The lowest BCUT2D eigenvalue weighted by molar-refractivity contribution is 0.255. The van der Waals surface area contributed by atoms with Gasteiger partial charge in [-0.3, -0.25) is 0 Å². The molecule has 1 aliphatic carbocycles. The summed E-state index contributed by atoms with van der Waals surface area (Å²) in [5.41, 5.74) is 0. The van der Waals surface area contributed by atoms with Crippen molar-refractivity contribution in [2.45, 2.75) is 73.6 Å². The van der Waals surface area contributed by atoms with Gasteiger partial charge in [0.05, 0.1) is 0 Å². The summed E-state index contributed by atoms with van der Waals surface area (Å²) in [5, 5.41) is 0. The van der Waals surface area contributed by atoms with E-state index in [1.165, 1.54) is 38.5 Å². The zero-order chi connectivity index (χ0) is 10.6. The molecule has 1 fully saturated rings. The monoisotopic (exact) mass is 212 g/mol. The summed E-state index contributed by atoms with van der Waals surface area (Å²) in [6.07, 6.45) is 8.74. The lowest BCUT2D eigenvalue weighted by atomic mass is 9.80. The van der Waals surface area contributed by atoms with Crippen molar-refractivity contribution in [3.8, 4) is 0 Å². The summed E-state index contributed by atoms with van der Waals surface area (Å²) in [6, 6.07) is 0. The first-order valence-electron chi connectivity index (χ1n) is 6.61. The van der Waals surface area contributed by atoms with Gasteiger partial charge in [-0.05, 0) is 23.7 Å². The molecule has 0 heterocycles. The van der Waals surface area contributed by atoms with E-state index in [9.17, 15) is 0 Å². The van der Waals surface area contributed by atoms with Crippen LogP contribution < -0.4 is 0 Å². The van der Waals surface area contributed by atoms with Crippen molar-refractivity contribution in [1.29, 1.82) is 0 Å². The summed E-state index contributed by atoms with van der Waals surface area (Å²) >= 11 is 0. The lowest BCUT2D eigenvalue weighted by Crippen LogP contribution is -2.14. The Labute approximate surface area is 97.8 Å². The van der Waals surface area contributed by atoms with Crippen molar-refractivity contribution in [3.63, 3.8) is 0 Å². The van der Waals surface area contributed by atoms with Gasteiger partial charge in [0.15, 0.2) is 0 Å². The summed E-state index contributed by atoms with van der Waals surface area (Å²) in [6.45, 7) is 9.78. The zero-order valence-corrected chi connectivity index (χ0v) is 10.6. The molecule has 0 aromatic rings. The smallest absolute Gasteiger partial charge is 0.0417 e. The Morgan fingerprint density at radius 1 is 0.533 bits per heavy atom. The molecule has 0 aromatic heterocycles. The molecular formula is C15H32. The second kappa shape index (κ2) is 7.30. The van der Waals surface area contributed by atoms with Crippen molar-refractivity contribution < 1.29 is 0 Å². The average Bonchev–Trinajstić information content (AvgIpc) is 2.15. The number of hydrogen-bond acceptors (Lipinski definition) is 0. The van der Waals surface area contributed by atoms with E-state index in [-0.39, 0.29) is 7.43 Å². The molecule has 1 aliphatic rings. The van der Waals surface area contributed by atoms with Crippen molar-refractivity contribution in [2.24, 2.45) is 23.7 Å². The minimum absolute atomic E-state index is 0. The molecule has 0 N–H and O–H groups in total. The molecule has 0 aliphatic heterocycles. The van der Waals surface area contributed by atoms with E-state index in [2.05, 4.69) is 27.7 Å². The Kier molecular flexibility index (Phi) is 7.30. The molecule has 0 heteroatoms. The molecule has 4 unspecified atom stereocenters. The molecule has 0 radical (unpaired) electrons. The highest BCUT2D eigenvalue weighted by Crippen LogP contribution is 2.30. The van der Waals surface area contributed by atoms with Gasteiger partial charge in [0, 0.05) is 0 Å². The largest absolute Gasteiger partial charge is 0.0776 e. The molecule has 1 rings (SSSR count). The van der Waals surface area contributed by atoms with E-state index in [0.29, 0.717) is 0 Å².